The van der Waals surface area contributed by atoms with Gasteiger partial charge < -0.3 is 14.0 Å². The Kier molecular flexibility index (Phi) is 5.25. The first-order chi connectivity index (χ1) is 11.7. The molecule has 1 atom stereocenters. The number of hydrogen-bond donors (Lipinski definition) is 0. The summed E-state index contributed by atoms with van der Waals surface area (Å²) in [5.74, 6) is 2.28. The molecule has 1 aliphatic heterocycles. The van der Waals surface area contributed by atoms with Crippen molar-refractivity contribution in [3.63, 3.8) is 0 Å². The second-order valence-electron chi connectivity index (χ2n) is 5.94. The Morgan fingerprint density at radius 3 is 3.00 bits per heavy atom. The van der Waals surface area contributed by atoms with Gasteiger partial charge in [-0.2, -0.15) is 4.98 Å². The predicted molar refractivity (Wildman–Crippen MR) is 87.5 cm³/mol. The van der Waals surface area contributed by atoms with Gasteiger partial charge in [-0.3, -0.25) is 4.79 Å². The van der Waals surface area contributed by atoms with Crippen molar-refractivity contribution in [2.24, 2.45) is 0 Å². The van der Waals surface area contributed by atoms with Crippen molar-refractivity contribution in [2.45, 2.75) is 39.0 Å². The van der Waals surface area contributed by atoms with Crippen LogP contribution in [0.4, 0.5) is 0 Å². The number of rotatable bonds is 7. The lowest BCUT2D eigenvalue weighted by atomic mass is 10.0. The highest BCUT2D eigenvalue weighted by molar-refractivity contribution is 5.96. The first-order valence-corrected chi connectivity index (χ1v) is 8.34. The molecule has 0 aliphatic carbocycles. The minimum Gasteiger partial charge on any atom is -0.494 e. The van der Waals surface area contributed by atoms with E-state index in [0.29, 0.717) is 43.3 Å². The average molecular weight is 330 g/mol. The van der Waals surface area contributed by atoms with Gasteiger partial charge in [-0.25, -0.2) is 0 Å². The molecule has 1 unspecified atom stereocenters. The number of aromatic nitrogens is 2. The summed E-state index contributed by atoms with van der Waals surface area (Å²) in [6.45, 7) is 5.87. The third-order valence-electron chi connectivity index (χ3n) is 4.14. The number of Topliss-reactive ketones (excluding diaryl/α,β-unsaturated/α-hetero) is 1. The molecule has 0 amide bonds. The highest BCUT2D eigenvalue weighted by Crippen LogP contribution is 2.23. The van der Waals surface area contributed by atoms with Crippen LogP contribution in [0.3, 0.4) is 0 Å². The number of aryl methyl sites for hydroxylation is 2. The first-order valence-electron chi connectivity index (χ1n) is 8.34. The lowest BCUT2D eigenvalue weighted by Gasteiger charge is -2.08. The molecule has 0 radical (unpaired) electrons. The second kappa shape index (κ2) is 7.57. The van der Waals surface area contributed by atoms with Gasteiger partial charge in [0.25, 0.3) is 0 Å². The van der Waals surface area contributed by atoms with E-state index in [2.05, 4.69) is 10.1 Å². The highest BCUT2D eigenvalue weighted by atomic mass is 16.5. The molecule has 0 bridgehead atoms. The number of ether oxygens (including phenoxy) is 2. The molecule has 2 aromatic rings. The Balaban J connectivity index is 1.58. The summed E-state index contributed by atoms with van der Waals surface area (Å²) in [7, 11) is 0. The van der Waals surface area contributed by atoms with Crippen LogP contribution in [-0.4, -0.2) is 35.7 Å². The van der Waals surface area contributed by atoms with Crippen molar-refractivity contribution < 1.29 is 18.8 Å². The van der Waals surface area contributed by atoms with Crippen molar-refractivity contribution in [2.75, 3.05) is 19.8 Å². The Bertz CT molecular complexity index is 705. The van der Waals surface area contributed by atoms with Crippen LogP contribution in [0, 0.1) is 6.92 Å². The largest absolute Gasteiger partial charge is 0.494 e. The monoisotopic (exact) mass is 330 g/mol. The molecule has 1 fully saturated rings. The summed E-state index contributed by atoms with van der Waals surface area (Å²) < 4.78 is 16.1. The molecule has 24 heavy (non-hydrogen) atoms. The Morgan fingerprint density at radius 2 is 2.29 bits per heavy atom. The van der Waals surface area contributed by atoms with Crippen molar-refractivity contribution in [1.29, 1.82) is 0 Å². The standard InChI is InChI=1S/C18H22N2O4/c1-3-23-16-6-4-13(10-12(16)2)15(21)5-7-17-19-18(20-24-17)14-8-9-22-11-14/h4,6,10,14H,3,5,7-9,11H2,1-2H3. The second-order valence-corrected chi connectivity index (χ2v) is 5.94. The molecule has 128 valence electrons. The molecule has 3 rings (SSSR count). The first kappa shape index (κ1) is 16.6. The lowest BCUT2D eigenvalue weighted by Crippen LogP contribution is -2.04. The lowest BCUT2D eigenvalue weighted by molar-refractivity contribution is 0.0979. The minimum absolute atomic E-state index is 0.0603. The van der Waals surface area contributed by atoms with Crippen LogP contribution < -0.4 is 4.74 Å². The zero-order valence-corrected chi connectivity index (χ0v) is 14.1. The maximum absolute atomic E-state index is 12.4. The summed E-state index contributed by atoms with van der Waals surface area (Å²) in [5.41, 5.74) is 1.64. The predicted octanol–water partition coefficient (Wildman–Crippen LogP) is 3.10. The van der Waals surface area contributed by atoms with E-state index in [1.54, 1.807) is 6.07 Å². The molecule has 0 saturated carbocycles. The number of carbonyl (C=O) groups excluding carboxylic acids is 1. The van der Waals surface area contributed by atoms with E-state index in [0.717, 1.165) is 24.3 Å². The minimum atomic E-state index is 0.0603. The average Bonchev–Trinajstić information content (AvgIpc) is 3.25. The number of benzene rings is 1. The van der Waals surface area contributed by atoms with Gasteiger partial charge in [0.15, 0.2) is 11.6 Å². The fraction of sp³-hybridized carbons (Fsp3) is 0.500. The number of hydrogen-bond acceptors (Lipinski definition) is 6. The van der Waals surface area contributed by atoms with Crippen molar-refractivity contribution in [3.8, 4) is 5.75 Å². The van der Waals surface area contributed by atoms with Crippen LogP contribution in [-0.2, 0) is 11.2 Å². The van der Waals surface area contributed by atoms with Crippen LogP contribution in [0.1, 0.15) is 53.3 Å². The van der Waals surface area contributed by atoms with Gasteiger partial charge in [-0.15, -0.1) is 0 Å². The summed E-state index contributed by atoms with van der Waals surface area (Å²) >= 11 is 0. The Labute approximate surface area is 141 Å². The quantitative estimate of drug-likeness (QED) is 0.726. The Hall–Kier alpha value is -2.21. The molecule has 1 aromatic carbocycles. The number of carbonyl (C=O) groups is 1. The van der Waals surface area contributed by atoms with E-state index in [-0.39, 0.29) is 11.7 Å². The molecule has 2 heterocycles. The summed E-state index contributed by atoms with van der Waals surface area (Å²) in [6, 6.07) is 5.51. The van der Waals surface area contributed by atoms with Crippen LogP contribution >= 0.6 is 0 Å². The molecule has 6 heteroatoms. The van der Waals surface area contributed by atoms with Crippen LogP contribution in [0.2, 0.25) is 0 Å². The third-order valence-corrected chi connectivity index (χ3v) is 4.14. The summed E-state index contributed by atoms with van der Waals surface area (Å²) in [5, 5.41) is 4.00. The zero-order valence-electron chi connectivity index (χ0n) is 14.1. The van der Waals surface area contributed by atoms with Gasteiger partial charge in [0, 0.05) is 30.9 Å². The van der Waals surface area contributed by atoms with Gasteiger partial charge in [0.2, 0.25) is 5.89 Å². The van der Waals surface area contributed by atoms with Gasteiger partial charge in [-0.1, -0.05) is 5.16 Å². The maximum Gasteiger partial charge on any atom is 0.227 e. The fourth-order valence-electron chi connectivity index (χ4n) is 2.78. The van der Waals surface area contributed by atoms with E-state index in [1.165, 1.54) is 0 Å². The smallest absolute Gasteiger partial charge is 0.227 e. The van der Waals surface area contributed by atoms with E-state index in [1.807, 2.05) is 26.0 Å². The van der Waals surface area contributed by atoms with Crippen molar-refractivity contribution in [3.05, 3.63) is 41.0 Å². The summed E-state index contributed by atoms with van der Waals surface area (Å²) in [4.78, 5) is 16.7. The van der Waals surface area contributed by atoms with Crippen LogP contribution in [0.25, 0.3) is 0 Å². The molecular weight excluding hydrogens is 308 g/mol. The SMILES string of the molecule is CCOc1ccc(C(=O)CCc2nc(C3CCOC3)no2)cc1C. The van der Waals surface area contributed by atoms with Crippen molar-refractivity contribution in [1.82, 2.24) is 10.1 Å². The molecule has 6 nitrogen and oxygen atoms in total. The van der Waals surface area contributed by atoms with Gasteiger partial charge >= 0.3 is 0 Å². The van der Waals surface area contributed by atoms with Crippen molar-refractivity contribution >= 4 is 5.78 Å². The van der Waals surface area contributed by atoms with Gasteiger partial charge in [-0.05, 0) is 44.0 Å². The molecule has 1 aliphatic rings. The fourth-order valence-corrected chi connectivity index (χ4v) is 2.78. The third kappa shape index (κ3) is 3.82. The Morgan fingerprint density at radius 1 is 1.42 bits per heavy atom. The van der Waals surface area contributed by atoms with Crippen LogP contribution in [0.5, 0.6) is 5.75 Å². The zero-order chi connectivity index (χ0) is 16.9. The topological polar surface area (TPSA) is 74.5 Å². The normalized spacial score (nSPS) is 17.2. The number of ketones is 1. The maximum atomic E-state index is 12.4. The molecule has 1 aromatic heterocycles. The van der Waals surface area contributed by atoms with Crippen LogP contribution in [0.15, 0.2) is 22.7 Å². The van der Waals surface area contributed by atoms with E-state index < -0.39 is 0 Å². The van der Waals surface area contributed by atoms with Gasteiger partial charge in [0.1, 0.15) is 5.75 Å². The molecule has 1 saturated heterocycles. The summed E-state index contributed by atoms with van der Waals surface area (Å²) in [6.07, 6.45) is 1.71. The highest BCUT2D eigenvalue weighted by Gasteiger charge is 2.23. The number of nitrogens with zero attached hydrogens (tertiary/aromatic N) is 2. The molecular formula is C18H22N2O4. The molecule has 0 spiro atoms. The van der Waals surface area contributed by atoms with E-state index >= 15 is 0 Å². The van der Waals surface area contributed by atoms with E-state index in [4.69, 9.17) is 14.0 Å². The molecule has 0 N–H and O–H groups in total. The van der Waals surface area contributed by atoms with E-state index in [9.17, 15) is 4.79 Å². The van der Waals surface area contributed by atoms with Gasteiger partial charge in [0.05, 0.1) is 13.2 Å².